The van der Waals surface area contributed by atoms with Crippen LogP contribution in [0.4, 0.5) is 5.69 Å². The first-order valence-corrected chi connectivity index (χ1v) is 6.30. The Balaban J connectivity index is 2.11. The van der Waals surface area contributed by atoms with Crippen molar-refractivity contribution in [3.05, 3.63) is 30.1 Å². The van der Waals surface area contributed by atoms with E-state index in [-0.39, 0.29) is 6.42 Å². The number of anilines is 1. The van der Waals surface area contributed by atoms with Gasteiger partial charge >= 0.3 is 0 Å². The Morgan fingerprint density at radius 2 is 2.19 bits per heavy atom. The van der Waals surface area contributed by atoms with Crippen molar-refractivity contribution < 1.29 is 9.59 Å². The van der Waals surface area contributed by atoms with Crippen molar-refractivity contribution in [2.75, 3.05) is 5.32 Å². The number of aromatic amines is 1. The van der Waals surface area contributed by atoms with Gasteiger partial charge in [0.25, 0.3) is 0 Å². The minimum Gasteiger partial charge on any atom is -0.370 e. The molecule has 1 heterocycles. The lowest BCUT2D eigenvalue weighted by atomic mass is 10.1. The second-order valence-electron chi connectivity index (χ2n) is 4.59. The minimum absolute atomic E-state index is 0.203. The SMILES string of the molecule is Cc1nc(-c2cccc(NC(=O)C(N)CC(N)=O)c2)n[nH]1. The molecule has 0 aliphatic rings. The van der Waals surface area contributed by atoms with Crippen molar-refractivity contribution in [3.8, 4) is 11.4 Å². The number of H-pyrrole nitrogens is 1. The molecule has 0 aliphatic heterocycles. The topological polar surface area (TPSA) is 140 Å². The number of hydrogen-bond acceptors (Lipinski definition) is 5. The number of nitrogens with zero attached hydrogens (tertiary/aromatic N) is 2. The van der Waals surface area contributed by atoms with Gasteiger partial charge in [0.15, 0.2) is 5.82 Å². The highest BCUT2D eigenvalue weighted by Gasteiger charge is 2.16. The van der Waals surface area contributed by atoms with Gasteiger partial charge in [-0.15, -0.1) is 0 Å². The lowest BCUT2D eigenvalue weighted by Crippen LogP contribution is -2.38. The minimum atomic E-state index is -0.975. The molecule has 0 radical (unpaired) electrons. The molecule has 21 heavy (non-hydrogen) atoms. The van der Waals surface area contributed by atoms with Gasteiger partial charge in [-0.2, -0.15) is 5.10 Å². The van der Waals surface area contributed by atoms with E-state index in [1.807, 2.05) is 6.07 Å². The summed E-state index contributed by atoms with van der Waals surface area (Å²) in [6, 6.07) is 6.03. The van der Waals surface area contributed by atoms with E-state index >= 15 is 0 Å². The maximum atomic E-state index is 11.8. The first kappa shape index (κ1) is 14.7. The van der Waals surface area contributed by atoms with Gasteiger partial charge in [0.2, 0.25) is 11.8 Å². The molecule has 0 saturated heterocycles. The summed E-state index contributed by atoms with van der Waals surface area (Å²) in [5.74, 6) is 0.132. The number of amides is 2. The Morgan fingerprint density at radius 3 is 2.81 bits per heavy atom. The van der Waals surface area contributed by atoms with Crippen molar-refractivity contribution in [2.24, 2.45) is 11.5 Å². The van der Waals surface area contributed by atoms with Crippen molar-refractivity contribution >= 4 is 17.5 Å². The maximum absolute atomic E-state index is 11.8. The molecule has 1 atom stereocenters. The van der Waals surface area contributed by atoms with Gasteiger partial charge in [0.1, 0.15) is 5.82 Å². The fourth-order valence-corrected chi connectivity index (χ4v) is 1.75. The third-order valence-electron chi connectivity index (χ3n) is 2.74. The van der Waals surface area contributed by atoms with Gasteiger partial charge < -0.3 is 16.8 Å². The second kappa shape index (κ2) is 6.14. The standard InChI is InChI=1S/C13H16N6O2/c1-7-16-12(19-18-7)8-3-2-4-9(5-8)17-13(21)10(14)6-11(15)20/h2-5,10H,6,14H2,1H3,(H2,15,20)(H,17,21)(H,16,18,19). The summed E-state index contributed by atoms with van der Waals surface area (Å²) in [6.07, 6.45) is -0.203. The number of nitrogens with one attached hydrogen (secondary N) is 2. The second-order valence-corrected chi connectivity index (χ2v) is 4.59. The van der Waals surface area contributed by atoms with E-state index in [0.29, 0.717) is 17.3 Å². The Kier molecular flexibility index (Phi) is 4.29. The largest absolute Gasteiger partial charge is 0.370 e. The van der Waals surface area contributed by atoms with Gasteiger partial charge in [0.05, 0.1) is 12.5 Å². The zero-order valence-corrected chi connectivity index (χ0v) is 11.5. The molecule has 1 aromatic carbocycles. The van der Waals surface area contributed by atoms with Crippen LogP contribution in [0.5, 0.6) is 0 Å². The number of hydrogen-bond donors (Lipinski definition) is 4. The number of benzene rings is 1. The zero-order chi connectivity index (χ0) is 15.4. The average molecular weight is 288 g/mol. The Hall–Kier alpha value is -2.74. The average Bonchev–Trinajstić information content (AvgIpc) is 2.85. The number of carbonyl (C=O) groups is 2. The Morgan fingerprint density at radius 1 is 1.43 bits per heavy atom. The van der Waals surface area contributed by atoms with Crippen molar-refractivity contribution in [3.63, 3.8) is 0 Å². The number of aromatic nitrogens is 3. The fourth-order valence-electron chi connectivity index (χ4n) is 1.75. The zero-order valence-electron chi connectivity index (χ0n) is 11.5. The molecular formula is C13H16N6O2. The normalized spacial score (nSPS) is 11.9. The molecule has 2 rings (SSSR count). The van der Waals surface area contributed by atoms with Crippen LogP contribution in [0.3, 0.4) is 0 Å². The van der Waals surface area contributed by atoms with E-state index in [9.17, 15) is 9.59 Å². The molecule has 2 amide bonds. The highest BCUT2D eigenvalue weighted by Crippen LogP contribution is 2.19. The molecule has 0 aliphatic carbocycles. The molecule has 0 fully saturated rings. The fraction of sp³-hybridized carbons (Fsp3) is 0.231. The number of rotatable bonds is 5. The highest BCUT2D eigenvalue weighted by molar-refractivity contribution is 5.97. The number of nitrogens with two attached hydrogens (primary N) is 2. The molecule has 1 unspecified atom stereocenters. The molecule has 6 N–H and O–H groups in total. The van der Waals surface area contributed by atoms with Gasteiger partial charge in [-0.1, -0.05) is 12.1 Å². The van der Waals surface area contributed by atoms with Crippen LogP contribution in [0.15, 0.2) is 24.3 Å². The lowest BCUT2D eigenvalue weighted by Gasteiger charge is -2.11. The van der Waals surface area contributed by atoms with E-state index in [0.717, 1.165) is 5.56 Å². The van der Waals surface area contributed by atoms with Gasteiger partial charge in [-0.25, -0.2) is 4.98 Å². The van der Waals surface area contributed by atoms with E-state index in [1.165, 1.54) is 0 Å². The van der Waals surface area contributed by atoms with Crippen LogP contribution in [0.1, 0.15) is 12.2 Å². The van der Waals surface area contributed by atoms with Crippen LogP contribution in [0, 0.1) is 6.92 Å². The Labute approximate surface area is 120 Å². The molecule has 8 heteroatoms. The first-order valence-electron chi connectivity index (χ1n) is 6.30. The summed E-state index contributed by atoms with van der Waals surface area (Å²) >= 11 is 0. The van der Waals surface area contributed by atoms with Crippen molar-refractivity contribution in [1.29, 1.82) is 0 Å². The molecular weight excluding hydrogens is 272 g/mol. The summed E-state index contributed by atoms with van der Waals surface area (Å²) in [5, 5.41) is 9.42. The van der Waals surface area contributed by atoms with E-state index in [2.05, 4.69) is 20.5 Å². The predicted octanol–water partition coefficient (Wildman–Crippen LogP) is -0.0787. The summed E-state index contributed by atoms with van der Waals surface area (Å²) in [4.78, 5) is 26.8. The number of carbonyl (C=O) groups excluding carboxylic acids is 2. The van der Waals surface area contributed by atoms with Crippen LogP contribution in [-0.4, -0.2) is 33.0 Å². The highest BCUT2D eigenvalue weighted by atomic mass is 16.2. The number of primary amides is 1. The van der Waals surface area contributed by atoms with Crippen LogP contribution in [0.2, 0.25) is 0 Å². The van der Waals surface area contributed by atoms with Crippen LogP contribution >= 0.6 is 0 Å². The molecule has 1 aromatic heterocycles. The molecule has 110 valence electrons. The van der Waals surface area contributed by atoms with Gasteiger partial charge in [-0.3, -0.25) is 14.7 Å². The number of aryl methyl sites for hydroxylation is 1. The lowest BCUT2D eigenvalue weighted by molar-refractivity contribution is -0.123. The monoisotopic (exact) mass is 288 g/mol. The quantitative estimate of drug-likeness (QED) is 0.609. The molecule has 0 bridgehead atoms. The van der Waals surface area contributed by atoms with Crippen LogP contribution in [-0.2, 0) is 9.59 Å². The molecule has 0 saturated carbocycles. The smallest absolute Gasteiger partial charge is 0.241 e. The van der Waals surface area contributed by atoms with Crippen LogP contribution in [0.25, 0.3) is 11.4 Å². The van der Waals surface area contributed by atoms with E-state index in [1.54, 1.807) is 25.1 Å². The molecule has 2 aromatic rings. The summed E-state index contributed by atoms with van der Waals surface area (Å²) in [5.41, 5.74) is 11.9. The van der Waals surface area contributed by atoms with Crippen molar-refractivity contribution in [1.82, 2.24) is 15.2 Å². The molecule has 0 spiro atoms. The van der Waals surface area contributed by atoms with E-state index in [4.69, 9.17) is 11.5 Å². The van der Waals surface area contributed by atoms with Gasteiger partial charge in [0, 0.05) is 11.3 Å². The van der Waals surface area contributed by atoms with Crippen molar-refractivity contribution in [2.45, 2.75) is 19.4 Å². The summed E-state index contributed by atoms with van der Waals surface area (Å²) in [6.45, 7) is 1.80. The van der Waals surface area contributed by atoms with E-state index < -0.39 is 17.9 Å². The summed E-state index contributed by atoms with van der Waals surface area (Å²) in [7, 11) is 0. The summed E-state index contributed by atoms with van der Waals surface area (Å²) < 4.78 is 0. The first-order chi connectivity index (χ1) is 9.95. The third-order valence-corrected chi connectivity index (χ3v) is 2.74. The molecule has 8 nitrogen and oxygen atoms in total. The predicted molar refractivity (Wildman–Crippen MR) is 77.0 cm³/mol. The van der Waals surface area contributed by atoms with Gasteiger partial charge in [-0.05, 0) is 19.1 Å². The Bertz CT molecular complexity index is 666. The third kappa shape index (κ3) is 3.86. The van der Waals surface area contributed by atoms with Crippen LogP contribution < -0.4 is 16.8 Å². The maximum Gasteiger partial charge on any atom is 0.241 e.